The van der Waals surface area contributed by atoms with Crippen LogP contribution in [0.15, 0.2) is 36.5 Å². The Morgan fingerprint density at radius 3 is 2.69 bits per heavy atom. The second kappa shape index (κ2) is 8.35. The zero-order chi connectivity index (χ0) is 22.1. The van der Waals surface area contributed by atoms with E-state index in [1.807, 2.05) is 24.3 Å². The van der Waals surface area contributed by atoms with Crippen molar-refractivity contribution in [2.45, 2.75) is 19.5 Å². The SMILES string of the molecule is COc1cc2c(cc1Nc1ncc(OC)c(Nc3cccc4c3C(=O)NC4)n1)CCNC2. The molecule has 0 spiro atoms. The molecule has 1 amide bonds. The summed E-state index contributed by atoms with van der Waals surface area (Å²) in [6.45, 7) is 2.29. The molecular formula is C23H24N6O3. The van der Waals surface area contributed by atoms with E-state index in [2.05, 4.69) is 37.3 Å². The van der Waals surface area contributed by atoms with E-state index in [-0.39, 0.29) is 5.91 Å². The number of benzene rings is 2. The maximum atomic E-state index is 12.3. The van der Waals surface area contributed by atoms with Crippen LogP contribution in [0.1, 0.15) is 27.0 Å². The Morgan fingerprint density at radius 1 is 0.969 bits per heavy atom. The number of hydrogen-bond donors (Lipinski definition) is 4. The number of carbonyl (C=O) groups excluding carboxylic acids is 1. The van der Waals surface area contributed by atoms with Crippen molar-refractivity contribution in [3.05, 3.63) is 58.8 Å². The average molecular weight is 432 g/mol. The number of amides is 1. The van der Waals surface area contributed by atoms with E-state index in [1.54, 1.807) is 20.4 Å². The lowest BCUT2D eigenvalue weighted by atomic mass is 10.00. The zero-order valence-electron chi connectivity index (χ0n) is 17.9. The van der Waals surface area contributed by atoms with Gasteiger partial charge in [-0.3, -0.25) is 4.79 Å². The first-order valence-corrected chi connectivity index (χ1v) is 10.4. The van der Waals surface area contributed by atoms with Crippen LogP contribution in [0.5, 0.6) is 11.5 Å². The number of carbonyl (C=O) groups is 1. The maximum absolute atomic E-state index is 12.3. The number of aromatic nitrogens is 2. The first-order valence-electron chi connectivity index (χ1n) is 10.4. The van der Waals surface area contributed by atoms with Gasteiger partial charge in [-0.2, -0.15) is 4.98 Å². The zero-order valence-corrected chi connectivity index (χ0v) is 17.9. The van der Waals surface area contributed by atoms with Gasteiger partial charge in [-0.15, -0.1) is 0 Å². The minimum absolute atomic E-state index is 0.109. The summed E-state index contributed by atoms with van der Waals surface area (Å²) in [6, 6.07) is 9.81. The van der Waals surface area contributed by atoms with Gasteiger partial charge in [-0.25, -0.2) is 4.98 Å². The number of hydrogen-bond acceptors (Lipinski definition) is 8. The fourth-order valence-electron chi connectivity index (χ4n) is 4.08. The van der Waals surface area contributed by atoms with Gasteiger partial charge in [-0.05, 0) is 47.9 Å². The number of rotatable bonds is 6. The van der Waals surface area contributed by atoms with Crippen molar-refractivity contribution >= 4 is 29.0 Å². The number of nitrogens with zero attached hydrogens (tertiary/aromatic N) is 2. The van der Waals surface area contributed by atoms with Crippen LogP contribution in [-0.2, 0) is 19.5 Å². The van der Waals surface area contributed by atoms with Crippen molar-refractivity contribution in [1.82, 2.24) is 20.6 Å². The van der Waals surface area contributed by atoms with E-state index in [1.165, 1.54) is 11.1 Å². The molecule has 0 bridgehead atoms. The van der Waals surface area contributed by atoms with Crippen molar-refractivity contribution < 1.29 is 14.3 Å². The topological polar surface area (TPSA) is 109 Å². The third kappa shape index (κ3) is 3.67. The van der Waals surface area contributed by atoms with E-state index >= 15 is 0 Å². The van der Waals surface area contributed by atoms with E-state index in [4.69, 9.17) is 9.47 Å². The lowest BCUT2D eigenvalue weighted by Gasteiger charge is -2.20. The van der Waals surface area contributed by atoms with Gasteiger partial charge in [-0.1, -0.05) is 12.1 Å². The van der Waals surface area contributed by atoms with Crippen molar-refractivity contribution in [2.24, 2.45) is 0 Å². The number of ether oxygens (including phenoxy) is 2. The van der Waals surface area contributed by atoms with Gasteiger partial charge in [0.05, 0.1) is 37.4 Å². The highest BCUT2D eigenvalue weighted by Gasteiger charge is 2.23. The number of fused-ring (bicyclic) bond motifs is 2. The van der Waals surface area contributed by atoms with Gasteiger partial charge in [0.1, 0.15) is 5.75 Å². The fourth-order valence-corrected chi connectivity index (χ4v) is 4.08. The first-order chi connectivity index (χ1) is 15.7. The largest absolute Gasteiger partial charge is 0.495 e. The van der Waals surface area contributed by atoms with E-state index in [9.17, 15) is 4.79 Å². The Morgan fingerprint density at radius 2 is 1.84 bits per heavy atom. The molecule has 0 aliphatic carbocycles. The highest BCUT2D eigenvalue weighted by Crippen LogP contribution is 2.34. The third-order valence-corrected chi connectivity index (χ3v) is 5.70. The van der Waals surface area contributed by atoms with Crippen LogP contribution in [0.4, 0.5) is 23.1 Å². The van der Waals surface area contributed by atoms with Crippen molar-refractivity contribution in [2.75, 3.05) is 31.4 Å². The van der Waals surface area contributed by atoms with Gasteiger partial charge in [0.25, 0.3) is 5.91 Å². The van der Waals surface area contributed by atoms with Crippen LogP contribution < -0.4 is 30.7 Å². The summed E-state index contributed by atoms with van der Waals surface area (Å²) >= 11 is 0. The molecule has 5 rings (SSSR count). The van der Waals surface area contributed by atoms with E-state index < -0.39 is 0 Å². The van der Waals surface area contributed by atoms with Crippen LogP contribution in [0, 0.1) is 0 Å². The Labute approximate surface area is 185 Å². The first kappa shape index (κ1) is 20.1. The second-order valence-electron chi connectivity index (χ2n) is 7.63. The van der Waals surface area contributed by atoms with E-state index in [0.29, 0.717) is 35.3 Å². The van der Waals surface area contributed by atoms with Crippen LogP contribution in [0.25, 0.3) is 0 Å². The van der Waals surface area contributed by atoms with Gasteiger partial charge in [0.2, 0.25) is 5.95 Å². The summed E-state index contributed by atoms with van der Waals surface area (Å²) in [5.41, 5.74) is 5.52. The van der Waals surface area contributed by atoms with Crippen LogP contribution >= 0.6 is 0 Å². The molecule has 3 aromatic rings. The third-order valence-electron chi connectivity index (χ3n) is 5.70. The van der Waals surface area contributed by atoms with Gasteiger partial charge in [0.15, 0.2) is 11.6 Å². The molecule has 0 unspecified atom stereocenters. The second-order valence-corrected chi connectivity index (χ2v) is 7.63. The highest BCUT2D eigenvalue weighted by atomic mass is 16.5. The summed E-state index contributed by atoms with van der Waals surface area (Å²) in [5, 5.41) is 12.7. The Kier molecular flexibility index (Phi) is 5.24. The molecule has 32 heavy (non-hydrogen) atoms. The molecule has 0 atom stereocenters. The Balaban J connectivity index is 1.47. The molecule has 4 N–H and O–H groups in total. The number of anilines is 4. The summed E-state index contributed by atoms with van der Waals surface area (Å²) < 4.78 is 11.0. The molecule has 9 nitrogen and oxygen atoms in total. The van der Waals surface area contributed by atoms with Crippen molar-refractivity contribution in [3.63, 3.8) is 0 Å². The summed E-state index contributed by atoms with van der Waals surface area (Å²) in [4.78, 5) is 21.3. The minimum atomic E-state index is -0.109. The normalized spacial score (nSPS) is 14.2. The number of nitrogens with one attached hydrogen (secondary N) is 4. The van der Waals surface area contributed by atoms with Crippen LogP contribution in [0.3, 0.4) is 0 Å². The molecule has 2 aromatic carbocycles. The average Bonchev–Trinajstić information content (AvgIpc) is 3.20. The molecule has 0 radical (unpaired) electrons. The predicted octanol–water partition coefficient (Wildman–Crippen LogP) is 2.87. The highest BCUT2D eigenvalue weighted by molar-refractivity contribution is 6.04. The number of methoxy groups -OCH3 is 2. The van der Waals surface area contributed by atoms with E-state index in [0.717, 1.165) is 36.5 Å². The summed E-state index contributed by atoms with van der Waals surface area (Å²) in [7, 11) is 3.20. The Bertz CT molecular complexity index is 1200. The monoisotopic (exact) mass is 432 g/mol. The quantitative estimate of drug-likeness (QED) is 0.471. The molecular weight excluding hydrogens is 408 g/mol. The lowest BCUT2D eigenvalue weighted by molar-refractivity contribution is 0.0966. The molecule has 2 aliphatic heterocycles. The molecule has 164 valence electrons. The molecule has 0 saturated carbocycles. The van der Waals surface area contributed by atoms with Gasteiger partial charge in [0, 0.05) is 13.1 Å². The lowest BCUT2D eigenvalue weighted by Crippen LogP contribution is -2.23. The predicted molar refractivity (Wildman–Crippen MR) is 121 cm³/mol. The smallest absolute Gasteiger partial charge is 0.254 e. The van der Waals surface area contributed by atoms with Crippen LogP contribution in [0.2, 0.25) is 0 Å². The molecule has 1 aromatic heterocycles. The molecule has 0 saturated heterocycles. The molecule has 9 heteroatoms. The molecule has 2 aliphatic rings. The molecule has 3 heterocycles. The molecule has 0 fully saturated rings. The van der Waals surface area contributed by atoms with Gasteiger partial charge < -0.3 is 30.7 Å². The van der Waals surface area contributed by atoms with Crippen molar-refractivity contribution in [3.8, 4) is 11.5 Å². The fraction of sp³-hybridized carbons (Fsp3) is 0.261. The summed E-state index contributed by atoms with van der Waals surface area (Å²) in [5.74, 6) is 1.92. The summed E-state index contributed by atoms with van der Waals surface area (Å²) in [6.07, 6.45) is 2.54. The Hall–Kier alpha value is -3.85. The maximum Gasteiger partial charge on any atom is 0.254 e. The van der Waals surface area contributed by atoms with Crippen molar-refractivity contribution in [1.29, 1.82) is 0 Å². The minimum Gasteiger partial charge on any atom is -0.495 e. The van der Waals surface area contributed by atoms with Gasteiger partial charge >= 0.3 is 0 Å². The van der Waals surface area contributed by atoms with Crippen LogP contribution in [-0.4, -0.2) is 36.6 Å². The standard InChI is InChI=1S/C23H24N6O3/c1-31-18-9-15-10-24-7-6-13(15)8-17(18)28-23-26-12-19(32-2)21(29-23)27-16-5-3-4-14-11-25-22(30)20(14)16/h3-5,8-9,12,24H,6-7,10-11H2,1-2H3,(H,25,30)(H2,26,27,28,29).